The molecule has 1 fully saturated rings. The molecule has 0 aromatic carbocycles. The zero-order chi connectivity index (χ0) is 15.6. The average molecular weight is 308 g/mol. The molecule has 1 aliphatic carbocycles. The normalized spacial score (nSPS) is 22.6. The van der Waals surface area contributed by atoms with Gasteiger partial charge in [-0.2, -0.15) is 0 Å². The summed E-state index contributed by atoms with van der Waals surface area (Å²) in [6, 6.07) is 0.406. The predicted molar refractivity (Wildman–Crippen MR) is 88.9 cm³/mol. The van der Waals surface area contributed by atoms with Gasteiger partial charge in [-0.3, -0.25) is 4.79 Å². The van der Waals surface area contributed by atoms with E-state index < -0.39 is 0 Å². The Bertz CT molecular complexity index is 487. The number of aryl methyl sites for hydroxylation is 1. The summed E-state index contributed by atoms with van der Waals surface area (Å²) in [6.45, 7) is 8.65. The Labute approximate surface area is 132 Å². The van der Waals surface area contributed by atoms with Crippen LogP contribution >= 0.6 is 11.3 Å². The largest absolute Gasteiger partial charge is 0.338 e. The quantitative estimate of drug-likeness (QED) is 0.831. The first kappa shape index (κ1) is 16.5. The van der Waals surface area contributed by atoms with Crippen molar-refractivity contribution in [1.82, 2.24) is 9.88 Å². The van der Waals surface area contributed by atoms with Crippen molar-refractivity contribution in [2.75, 3.05) is 7.05 Å². The molecule has 0 saturated heterocycles. The number of carbonyl (C=O) groups is 1. The van der Waals surface area contributed by atoms with E-state index in [1.807, 2.05) is 18.9 Å². The molecule has 0 bridgehead atoms. The highest BCUT2D eigenvalue weighted by atomic mass is 32.1. The molecule has 1 heterocycles. The maximum absolute atomic E-state index is 12.7. The lowest BCUT2D eigenvalue weighted by atomic mass is 9.87. The van der Waals surface area contributed by atoms with Crippen molar-refractivity contribution in [3.63, 3.8) is 0 Å². The number of amides is 1. The fourth-order valence-corrected chi connectivity index (χ4v) is 4.30. The van der Waals surface area contributed by atoms with Gasteiger partial charge in [0, 0.05) is 19.5 Å². The first-order chi connectivity index (χ1) is 9.88. The van der Waals surface area contributed by atoms with Gasteiger partial charge in [0.2, 0.25) is 0 Å². The molecule has 0 aliphatic heterocycles. The van der Waals surface area contributed by atoms with Gasteiger partial charge in [-0.05, 0) is 44.4 Å². The Morgan fingerprint density at radius 2 is 1.95 bits per heavy atom. The molecule has 21 heavy (non-hydrogen) atoms. The first-order valence-electron chi connectivity index (χ1n) is 8.12. The summed E-state index contributed by atoms with van der Waals surface area (Å²) in [7, 11) is 1.96. The van der Waals surface area contributed by atoms with E-state index in [4.69, 9.17) is 0 Å². The van der Waals surface area contributed by atoms with Crippen molar-refractivity contribution in [3.8, 4) is 0 Å². The minimum Gasteiger partial charge on any atom is -0.338 e. The van der Waals surface area contributed by atoms with Crippen molar-refractivity contribution in [1.29, 1.82) is 0 Å². The molecule has 1 aromatic rings. The number of aromatic nitrogens is 1. The topological polar surface area (TPSA) is 33.2 Å². The smallest absolute Gasteiger partial charge is 0.265 e. The van der Waals surface area contributed by atoms with Crippen LogP contribution in [0.3, 0.4) is 0 Å². The van der Waals surface area contributed by atoms with Crippen LogP contribution in [-0.2, 0) is 6.42 Å². The van der Waals surface area contributed by atoms with E-state index in [-0.39, 0.29) is 5.91 Å². The van der Waals surface area contributed by atoms with Crippen molar-refractivity contribution in [3.05, 3.63) is 15.6 Å². The molecule has 1 saturated carbocycles. The third-order valence-corrected chi connectivity index (χ3v) is 5.64. The molecule has 1 amide bonds. The van der Waals surface area contributed by atoms with Crippen LogP contribution in [0.15, 0.2) is 0 Å². The van der Waals surface area contributed by atoms with Crippen LogP contribution in [-0.4, -0.2) is 28.9 Å². The third-order valence-electron chi connectivity index (χ3n) is 4.47. The lowest BCUT2D eigenvalue weighted by Gasteiger charge is -2.33. The van der Waals surface area contributed by atoms with Crippen LogP contribution in [0.2, 0.25) is 0 Å². The van der Waals surface area contributed by atoms with Gasteiger partial charge in [0.05, 0.1) is 10.7 Å². The van der Waals surface area contributed by atoms with Crippen LogP contribution < -0.4 is 0 Å². The number of thiazole rings is 1. The van der Waals surface area contributed by atoms with Crippen molar-refractivity contribution >= 4 is 17.2 Å². The molecule has 0 atom stereocenters. The fourth-order valence-electron chi connectivity index (χ4n) is 3.04. The van der Waals surface area contributed by atoms with Gasteiger partial charge in [0.1, 0.15) is 4.88 Å². The van der Waals surface area contributed by atoms with Gasteiger partial charge in [-0.1, -0.05) is 20.8 Å². The second-order valence-electron chi connectivity index (χ2n) is 6.95. The van der Waals surface area contributed by atoms with E-state index in [0.29, 0.717) is 12.0 Å². The van der Waals surface area contributed by atoms with Crippen molar-refractivity contribution in [2.24, 2.45) is 11.8 Å². The van der Waals surface area contributed by atoms with Gasteiger partial charge >= 0.3 is 0 Å². The van der Waals surface area contributed by atoms with Crippen molar-refractivity contribution in [2.45, 2.75) is 65.8 Å². The molecule has 1 aliphatic rings. The zero-order valence-electron chi connectivity index (χ0n) is 14.0. The summed E-state index contributed by atoms with van der Waals surface area (Å²) in [5.41, 5.74) is 0.900. The highest BCUT2D eigenvalue weighted by Gasteiger charge is 2.27. The maximum atomic E-state index is 12.7. The Balaban J connectivity index is 2.06. The molecular weight excluding hydrogens is 280 g/mol. The summed E-state index contributed by atoms with van der Waals surface area (Å²) in [4.78, 5) is 20.1. The summed E-state index contributed by atoms with van der Waals surface area (Å²) in [5, 5.41) is 1.09. The van der Waals surface area contributed by atoms with Gasteiger partial charge in [-0.15, -0.1) is 11.3 Å². The van der Waals surface area contributed by atoms with Gasteiger partial charge in [-0.25, -0.2) is 4.98 Å². The Morgan fingerprint density at radius 1 is 1.33 bits per heavy atom. The van der Waals surface area contributed by atoms with Gasteiger partial charge in [0.15, 0.2) is 0 Å². The number of carbonyl (C=O) groups excluding carboxylic acids is 1. The van der Waals surface area contributed by atoms with Crippen LogP contribution in [0, 0.1) is 18.8 Å². The molecule has 0 N–H and O–H groups in total. The van der Waals surface area contributed by atoms with Crippen molar-refractivity contribution < 1.29 is 4.79 Å². The highest BCUT2D eigenvalue weighted by Crippen LogP contribution is 2.29. The molecule has 3 nitrogen and oxygen atoms in total. The second kappa shape index (κ2) is 6.91. The summed E-state index contributed by atoms with van der Waals surface area (Å²) in [5.74, 6) is 1.56. The summed E-state index contributed by atoms with van der Waals surface area (Å²) >= 11 is 1.59. The second-order valence-corrected chi connectivity index (χ2v) is 8.03. The van der Waals surface area contributed by atoms with Crippen LogP contribution in [0.1, 0.15) is 66.8 Å². The molecule has 4 heteroatoms. The minimum atomic E-state index is 0.166. The third kappa shape index (κ3) is 4.06. The predicted octanol–water partition coefficient (Wildman–Crippen LogP) is 4.30. The highest BCUT2D eigenvalue weighted by molar-refractivity contribution is 7.13. The number of nitrogens with zero attached hydrogens (tertiary/aromatic N) is 2. The van der Waals surface area contributed by atoms with E-state index in [1.165, 1.54) is 12.8 Å². The molecular formula is C17H28N2OS. The zero-order valence-corrected chi connectivity index (χ0v) is 14.8. The van der Waals surface area contributed by atoms with Gasteiger partial charge in [0.25, 0.3) is 5.91 Å². The summed E-state index contributed by atoms with van der Waals surface area (Å²) in [6.07, 6.45) is 5.72. The molecule has 0 spiro atoms. The van der Waals surface area contributed by atoms with Gasteiger partial charge < -0.3 is 4.90 Å². The van der Waals surface area contributed by atoms with E-state index >= 15 is 0 Å². The van der Waals surface area contributed by atoms with E-state index in [9.17, 15) is 4.79 Å². The lowest BCUT2D eigenvalue weighted by molar-refractivity contribution is 0.0683. The first-order valence-corrected chi connectivity index (χ1v) is 8.93. The maximum Gasteiger partial charge on any atom is 0.265 e. The number of hydrogen-bond donors (Lipinski definition) is 0. The molecule has 2 rings (SSSR count). The SMILES string of the molecule is Cc1nc(CC(C)C)sc1C(=O)N(C)C1CCC(C)CC1. The van der Waals surface area contributed by atoms with E-state index in [0.717, 1.165) is 40.8 Å². The molecule has 1 aromatic heterocycles. The Kier molecular flexibility index (Phi) is 5.42. The molecule has 118 valence electrons. The average Bonchev–Trinajstić information content (AvgIpc) is 2.78. The molecule has 0 unspecified atom stereocenters. The number of hydrogen-bond acceptors (Lipinski definition) is 3. The van der Waals surface area contributed by atoms with E-state index in [1.54, 1.807) is 11.3 Å². The minimum absolute atomic E-state index is 0.166. The fraction of sp³-hybridized carbons (Fsp3) is 0.765. The van der Waals surface area contributed by atoms with Crippen LogP contribution in [0.4, 0.5) is 0 Å². The monoisotopic (exact) mass is 308 g/mol. The van der Waals surface area contributed by atoms with E-state index in [2.05, 4.69) is 25.8 Å². The number of rotatable bonds is 4. The lowest BCUT2D eigenvalue weighted by Crippen LogP contribution is -2.39. The Hall–Kier alpha value is -0.900. The van der Waals surface area contributed by atoms with Crippen LogP contribution in [0.25, 0.3) is 0 Å². The standard InChI is InChI=1S/C17H28N2OS/c1-11(2)10-15-18-13(4)16(21-15)17(20)19(5)14-8-6-12(3)7-9-14/h11-12,14H,6-10H2,1-5H3. The van der Waals surface area contributed by atoms with Crippen LogP contribution in [0.5, 0.6) is 0 Å². The Morgan fingerprint density at radius 3 is 2.52 bits per heavy atom. The summed E-state index contributed by atoms with van der Waals surface area (Å²) < 4.78 is 0. The molecule has 0 radical (unpaired) electrons.